The van der Waals surface area contributed by atoms with E-state index in [0.29, 0.717) is 0 Å². The van der Waals surface area contributed by atoms with Gasteiger partial charge in [-0.1, -0.05) is 46.0 Å². The van der Waals surface area contributed by atoms with E-state index in [1.54, 1.807) is 0 Å². The summed E-state index contributed by atoms with van der Waals surface area (Å²) in [6.07, 6.45) is 9.53. The van der Waals surface area contributed by atoms with Crippen LogP contribution in [0.4, 0.5) is 0 Å². The molecule has 20 heavy (non-hydrogen) atoms. The van der Waals surface area contributed by atoms with Gasteiger partial charge in [0.1, 0.15) is 0 Å². The van der Waals surface area contributed by atoms with Crippen LogP contribution in [0.2, 0.25) is 0 Å². The Morgan fingerprint density at radius 1 is 0.800 bits per heavy atom. The lowest BCUT2D eigenvalue weighted by atomic mass is 9.75. The molecule has 118 valence electrons. The largest absolute Gasteiger partial charge is 0.481 e. The number of hydrogen-bond donors (Lipinski definition) is 2. The number of aliphatic carboxylic acids is 2. The fourth-order valence-corrected chi connectivity index (χ4v) is 2.75. The maximum atomic E-state index is 10.9. The van der Waals surface area contributed by atoms with Gasteiger partial charge < -0.3 is 10.2 Å². The lowest BCUT2D eigenvalue weighted by Crippen LogP contribution is -2.23. The van der Waals surface area contributed by atoms with Gasteiger partial charge >= 0.3 is 11.9 Å². The van der Waals surface area contributed by atoms with E-state index >= 15 is 0 Å². The van der Waals surface area contributed by atoms with Crippen molar-refractivity contribution in [2.24, 2.45) is 5.41 Å². The number of hydrogen-bond acceptors (Lipinski definition) is 2. The highest BCUT2D eigenvalue weighted by atomic mass is 16.4. The quantitative estimate of drug-likeness (QED) is 0.490. The summed E-state index contributed by atoms with van der Waals surface area (Å²) in [7, 11) is 0. The molecule has 0 aromatic heterocycles. The maximum absolute atomic E-state index is 10.9. The molecule has 0 saturated heterocycles. The van der Waals surface area contributed by atoms with Crippen LogP contribution < -0.4 is 0 Å². The molecule has 0 heterocycles. The second kappa shape index (κ2) is 10.7. The molecule has 0 atom stereocenters. The second-order valence-corrected chi connectivity index (χ2v) is 5.79. The topological polar surface area (TPSA) is 74.6 Å². The predicted octanol–water partition coefficient (Wildman–Crippen LogP) is 4.47. The molecule has 0 saturated carbocycles. The summed E-state index contributed by atoms with van der Waals surface area (Å²) in [5, 5.41) is 17.5. The Labute approximate surface area is 122 Å². The number of rotatable bonds is 13. The van der Waals surface area contributed by atoms with Gasteiger partial charge in [0.2, 0.25) is 0 Å². The average Bonchev–Trinajstić information content (AvgIpc) is 2.39. The van der Waals surface area contributed by atoms with Crippen molar-refractivity contribution in [3.05, 3.63) is 0 Å². The molecule has 0 aromatic carbocycles. The van der Waals surface area contributed by atoms with Gasteiger partial charge in [0.05, 0.1) is 6.42 Å². The first-order valence-electron chi connectivity index (χ1n) is 7.89. The Kier molecular flexibility index (Phi) is 10.1. The third kappa shape index (κ3) is 8.94. The van der Waals surface area contributed by atoms with Gasteiger partial charge in [-0.05, 0) is 31.1 Å². The van der Waals surface area contributed by atoms with Gasteiger partial charge in [0, 0.05) is 6.42 Å². The average molecular weight is 286 g/mol. The second-order valence-electron chi connectivity index (χ2n) is 5.79. The zero-order valence-electron chi connectivity index (χ0n) is 13.0. The molecule has 0 radical (unpaired) electrons. The van der Waals surface area contributed by atoms with Gasteiger partial charge in [-0.25, -0.2) is 0 Å². The van der Waals surface area contributed by atoms with Gasteiger partial charge in [-0.3, -0.25) is 9.59 Å². The first kappa shape index (κ1) is 18.9. The maximum Gasteiger partial charge on any atom is 0.303 e. The minimum Gasteiger partial charge on any atom is -0.481 e. The normalized spacial score (nSPS) is 11.5. The van der Waals surface area contributed by atoms with Crippen molar-refractivity contribution in [2.75, 3.05) is 0 Å². The molecule has 0 aliphatic carbocycles. The number of carbonyl (C=O) groups is 2. The molecule has 0 amide bonds. The van der Waals surface area contributed by atoms with E-state index in [0.717, 1.165) is 57.8 Å². The first-order valence-corrected chi connectivity index (χ1v) is 7.89. The molecule has 0 aromatic rings. The monoisotopic (exact) mass is 286 g/mol. The summed E-state index contributed by atoms with van der Waals surface area (Å²) in [6.45, 7) is 4.16. The Hall–Kier alpha value is -1.06. The van der Waals surface area contributed by atoms with Gasteiger partial charge in [-0.15, -0.1) is 0 Å². The van der Waals surface area contributed by atoms with Crippen LogP contribution in [0.5, 0.6) is 0 Å². The Morgan fingerprint density at radius 2 is 1.30 bits per heavy atom. The van der Waals surface area contributed by atoms with E-state index in [-0.39, 0.29) is 18.3 Å². The van der Waals surface area contributed by atoms with Crippen molar-refractivity contribution in [1.29, 1.82) is 0 Å². The zero-order valence-corrected chi connectivity index (χ0v) is 13.0. The molecule has 0 aliphatic rings. The van der Waals surface area contributed by atoms with Crippen LogP contribution in [0, 0.1) is 5.41 Å². The number of unbranched alkanes of at least 4 members (excludes halogenated alkanes) is 5. The summed E-state index contributed by atoms with van der Waals surface area (Å²) in [6, 6.07) is 0. The van der Waals surface area contributed by atoms with Gasteiger partial charge in [0.15, 0.2) is 0 Å². The predicted molar refractivity (Wildman–Crippen MR) is 79.8 cm³/mol. The van der Waals surface area contributed by atoms with Crippen LogP contribution in [-0.4, -0.2) is 22.2 Å². The minimum atomic E-state index is -0.714. The van der Waals surface area contributed by atoms with E-state index < -0.39 is 11.9 Å². The molecule has 0 unspecified atom stereocenters. The first-order chi connectivity index (χ1) is 9.45. The van der Waals surface area contributed by atoms with Crippen molar-refractivity contribution < 1.29 is 19.8 Å². The summed E-state index contributed by atoms with van der Waals surface area (Å²) >= 11 is 0. The van der Waals surface area contributed by atoms with Gasteiger partial charge in [0.25, 0.3) is 0 Å². The van der Waals surface area contributed by atoms with E-state index in [2.05, 4.69) is 13.8 Å². The summed E-state index contributed by atoms with van der Waals surface area (Å²) in [4.78, 5) is 21.3. The van der Waals surface area contributed by atoms with E-state index in [4.69, 9.17) is 10.2 Å². The molecule has 4 heteroatoms. The molecular formula is C16H30O4. The lowest BCUT2D eigenvalue weighted by molar-refractivity contribution is -0.140. The molecule has 4 nitrogen and oxygen atoms in total. The highest BCUT2D eigenvalue weighted by Crippen LogP contribution is 2.36. The summed E-state index contributed by atoms with van der Waals surface area (Å²) in [5.41, 5.74) is -0.0326. The van der Waals surface area contributed by atoms with E-state index in [9.17, 15) is 9.59 Å². The van der Waals surface area contributed by atoms with Crippen LogP contribution in [0.15, 0.2) is 0 Å². The fourth-order valence-electron chi connectivity index (χ4n) is 2.75. The highest BCUT2D eigenvalue weighted by molar-refractivity contribution is 5.67. The Balaban J connectivity index is 3.74. The van der Waals surface area contributed by atoms with E-state index in [1.807, 2.05) is 0 Å². The van der Waals surface area contributed by atoms with Crippen LogP contribution in [0.3, 0.4) is 0 Å². The smallest absolute Gasteiger partial charge is 0.303 e. The van der Waals surface area contributed by atoms with Crippen molar-refractivity contribution in [3.8, 4) is 0 Å². The SMILES string of the molecule is CCC(CC)(CCCCCCCCC(=O)O)CC(=O)O. The fraction of sp³-hybridized carbons (Fsp3) is 0.875. The van der Waals surface area contributed by atoms with Crippen LogP contribution in [-0.2, 0) is 9.59 Å². The van der Waals surface area contributed by atoms with Crippen molar-refractivity contribution in [3.63, 3.8) is 0 Å². The molecule has 0 aliphatic heterocycles. The summed E-state index contributed by atoms with van der Waals surface area (Å²) < 4.78 is 0. The molecule has 0 spiro atoms. The van der Waals surface area contributed by atoms with Crippen LogP contribution in [0.25, 0.3) is 0 Å². The third-order valence-electron chi connectivity index (χ3n) is 4.37. The minimum absolute atomic E-state index is 0.0326. The molecular weight excluding hydrogens is 256 g/mol. The van der Waals surface area contributed by atoms with Crippen molar-refractivity contribution in [2.45, 2.75) is 84.5 Å². The standard InChI is InChI=1S/C16H30O4/c1-3-16(4-2,13-15(19)20)12-10-8-6-5-7-9-11-14(17)18/h3-13H2,1-2H3,(H,17,18)(H,19,20). The van der Waals surface area contributed by atoms with Crippen LogP contribution in [0.1, 0.15) is 84.5 Å². The van der Waals surface area contributed by atoms with Gasteiger partial charge in [-0.2, -0.15) is 0 Å². The molecule has 0 fully saturated rings. The van der Waals surface area contributed by atoms with Crippen molar-refractivity contribution in [1.82, 2.24) is 0 Å². The highest BCUT2D eigenvalue weighted by Gasteiger charge is 2.28. The van der Waals surface area contributed by atoms with Crippen LogP contribution >= 0.6 is 0 Å². The molecule has 2 N–H and O–H groups in total. The summed E-state index contributed by atoms with van der Waals surface area (Å²) in [5.74, 6) is -1.41. The van der Waals surface area contributed by atoms with Crippen molar-refractivity contribution >= 4 is 11.9 Å². The number of carboxylic acid groups (broad SMARTS) is 2. The molecule has 0 bridgehead atoms. The number of carboxylic acids is 2. The molecule has 0 rings (SSSR count). The Bertz CT molecular complexity index is 282. The zero-order chi connectivity index (χ0) is 15.4. The Morgan fingerprint density at radius 3 is 1.75 bits per heavy atom. The third-order valence-corrected chi connectivity index (χ3v) is 4.37. The lowest BCUT2D eigenvalue weighted by Gasteiger charge is -2.30. The van der Waals surface area contributed by atoms with E-state index in [1.165, 1.54) is 0 Å².